The van der Waals surface area contributed by atoms with E-state index in [4.69, 9.17) is 9.84 Å². The second kappa shape index (κ2) is 4.79. The Morgan fingerprint density at radius 2 is 2.11 bits per heavy atom. The van der Waals surface area contributed by atoms with Crippen LogP contribution >= 0.6 is 0 Å². The van der Waals surface area contributed by atoms with Crippen LogP contribution in [0.4, 0.5) is 4.39 Å². The van der Waals surface area contributed by atoms with Gasteiger partial charge in [0.05, 0.1) is 7.11 Å². The van der Waals surface area contributed by atoms with Crippen molar-refractivity contribution in [2.45, 2.75) is 0 Å². The lowest BCUT2D eigenvalue weighted by atomic mass is 10.2. The zero-order valence-electron chi connectivity index (χ0n) is 9.42. The molecule has 2 rings (SSSR count). The number of carboxylic acids is 1. The van der Waals surface area contributed by atoms with Crippen LogP contribution in [0.2, 0.25) is 0 Å². The fourth-order valence-corrected chi connectivity index (χ4v) is 1.40. The maximum atomic E-state index is 13.1. The second-order valence-electron chi connectivity index (χ2n) is 3.43. The molecule has 0 saturated heterocycles. The van der Waals surface area contributed by atoms with E-state index in [-0.39, 0.29) is 17.4 Å². The number of methoxy groups -OCH3 is 1. The number of aromatic nitrogens is 2. The molecule has 2 aromatic rings. The number of rotatable bonds is 3. The SMILES string of the molecule is COc1cc(C(=O)O)nc(-c2cccc(F)c2)n1. The van der Waals surface area contributed by atoms with E-state index in [0.717, 1.165) is 0 Å². The van der Waals surface area contributed by atoms with Crippen molar-refractivity contribution in [1.29, 1.82) is 0 Å². The molecule has 0 aliphatic carbocycles. The van der Waals surface area contributed by atoms with Crippen LogP contribution in [0.1, 0.15) is 10.5 Å². The van der Waals surface area contributed by atoms with E-state index in [1.807, 2.05) is 0 Å². The summed E-state index contributed by atoms with van der Waals surface area (Å²) in [7, 11) is 1.36. The summed E-state index contributed by atoms with van der Waals surface area (Å²) in [5, 5.41) is 8.91. The van der Waals surface area contributed by atoms with E-state index in [1.54, 1.807) is 6.07 Å². The van der Waals surface area contributed by atoms with Gasteiger partial charge in [0.2, 0.25) is 5.88 Å². The number of carboxylic acid groups (broad SMARTS) is 1. The molecule has 1 N–H and O–H groups in total. The average molecular weight is 248 g/mol. The minimum Gasteiger partial charge on any atom is -0.481 e. The number of aromatic carboxylic acids is 1. The number of nitrogens with zero attached hydrogens (tertiary/aromatic N) is 2. The van der Waals surface area contributed by atoms with Crippen molar-refractivity contribution in [1.82, 2.24) is 9.97 Å². The van der Waals surface area contributed by atoms with E-state index < -0.39 is 11.8 Å². The number of halogens is 1. The molecule has 6 heteroatoms. The minimum atomic E-state index is -1.20. The van der Waals surface area contributed by atoms with Crippen LogP contribution in [0.15, 0.2) is 30.3 Å². The van der Waals surface area contributed by atoms with Gasteiger partial charge in [-0.2, -0.15) is 4.98 Å². The van der Waals surface area contributed by atoms with Crippen LogP contribution < -0.4 is 4.74 Å². The quantitative estimate of drug-likeness (QED) is 0.899. The Morgan fingerprint density at radius 1 is 1.33 bits per heavy atom. The van der Waals surface area contributed by atoms with Gasteiger partial charge in [-0.3, -0.25) is 0 Å². The van der Waals surface area contributed by atoms with E-state index >= 15 is 0 Å². The Bertz CT molecular complexity index is 602. The molecule has 0 radical (unpaired) electrons. The zero-order chi connectivity index (χ0) is 13.1. The van der Waals surface area contributed by atoms with Gasteiger partial charge in [-0.05, 0) is 12.1 Å². The Balaban J connectivity index is 2.56. The Morgan fingerprint density at radius 3 is 2.72 bits per heavy atom. The first-order valence-electron chi connectivity index (χ1n) is 5.02. The van der Waals surface area contributed by atoms with Crippen LogP contribution in [-0.4, -0.2) is 28.2 Å². The van der Waals surface area contributed by atoms with Crippen LogP contribution in [0.3, 0.4) is 0 Å². The van der Waals surface area contributed by atoms with Crippen molar-refractivity contribution in [2.24, 2.45) is 0 Å². The Labute approximate surface area is 102 Å². The summed E-state index contributed by atoms with van der Waals surface area (Å²) in [5.74, 6) is -1.43. The highest BCUT2D eigenvalue weighted by atomic mass is 19.1. The molecule has 92 valence electrons. The van der Waals surface area contributed by atoms with Crippen molar-refractivity contribution < 1.29 is 19.0 Å². The van der Waals surface area contributed by atoms with Crippen molar-refractivity contribution in [3.63, 3.8) is 0 Å². The topological polar surface area (TPSA) is 72.3 Å². The molecule has 1 aromatic carbocycles. The van der Waals surface area contributed by atoms with Gasteiger partial charge in [0.1, 0.15) is 5.82 Å². The monoisotopic (exact) mass is 248 g/mol. The summed E-state index contributed by atoms with van der Waals surface area (Å²) in [6.07, 6.45) is 0. The molecular formula is C12H9FN2O3. The van der Waals surface area contributed by atoms with Gasteiger partial charge in [0, 0.05) is 11.6 Å². The minimum absolute atomic E-state index is 0.103. The number of hydrogen-bond donors (Lipinski definition) is 1. The van der Waals surface area contributed by atoms with Crippen LogP contribution in [0, 0.1) is 5.82 Å². The maximum absolute atomic E-state index is 13.1. The standard InChI is InChI=1S/C12H9FN2O3/c1-18-10-6-9(12(16)17)14-11(15-10)7-3-2-4-8(13)5-7/h2-6H,1H3,(H,16,17). The molecule has 0 amide bonds. The van der Waals surface area contributed by atoms with Gasteiger partial charge in [-0.25, -0.2) is 14.2 Å². The second-order valence-corrected chi connectivity index (χ2v) is 3.43. The third-order valence-electron chi connectivity index (χ3n) is 2.21. The summed E-state index contributed by atoms with van der Waals surface area (Å²) in [6.45, 7) is 0. The molecule has 0 atom stereocenters. The lowest BCUT2D eigenvalue weighted by Gasteiger charge is -2.05. The van der Waals surface area contributed by atoms with Crippen LogP contribution in [-0.2, 0) is 0 Å². The van der Waals surface area contributed by atoms with E-state index in [9.17, 15) is 9.18 Å². The molecule has 0 bridgehead atoms. The zero-order valence-corrected chi connectivity index (χ0v) is 9.42. The maximum Gasteiger partial charge on any atom is 0.354 e. The van der Waals surface area contributed by atoms with Gasteiger partial charge in [0.15, 0.2) is 11.5 Å². The van der Waals surface area contributed by atoms with Gasteiger partial charge in [-0.15, -0.1) is 0 Å². The third-order valence-corrected chi connectivity index (χ3v) is 2.21. The molecule has 0 aliphatic rings. The van der Waals surface area contributed by atoms with Crippen molar-refractivity contribution in [2.75, 3.05) is 7.11 Å². The lowest BCUT2D eigenvalue weighted by Crippen LogP contribution is -2.04. The van der Waals surface area contributed by atoms with E-state index in [1.165, 1.54) is 31.4 Å². The average Bonchev–Trinajstić information content (AvgIpc) is 2.38. The summed E-state index contributed by atoms with van der Waals surface area (Å²) in [5.41, 5.74) is 0.178. The molecular weight excluding hydrogens is 239 g/mol. The highest BCUT2D eigenvalue weighted by molar-refractivity contribution is 5.86. The summed E-state index contributed by atoms with van der Waals surface area (Å²) < 4.78 is 18.0. The molecule has 0 aliphatic heterocycles. The number of ether oxygens (including phenoxy) is 1. The fraction of sp³-hybridized carbons (Fsp3) is 0.0833. The third kappa shape index (κ3) is 2.42. The molecule has 0 spiro atoms. The first-order valence-corrected chi connectivity index (χ1v) is 5.02. The van der Waals surface area contributed by atoms with Crippen LogP contribution in [0.5, 0.6) is 5.88 Å². The number of carbonyl (C=O) groups is 1. The van der Waals surface area contributed by atoms with Gasteiger partial charge in [0.25, 0.3) is 0 Å². The van der Waals surface area contributed by atoms with Crippen molar-refractivity contribution >= 4 is 5.97 Å². The lowest BCUT2D eigenvalue weighted by molar-refractivity contribution is 0.0690. The van der Waals surface area contributed by atoms with Crippen molar-refractivity contribution in [3.8, 4) is 17.3 Å². The predicted octanol–water partition coefficient (Wildman–Crippen LogP) is 1.99. The van der Waals surface area contributed by atoms with Gasteiger partial charge >= 0.3 is 5.97 Å². The molecule has 0 unspecified atom stereocenters. The van der Waals surface area contributed by atoms with Gasteiger partial charge < -0.3 is 9.84 Å². The normalized spacial score (nSPS) is 10.1. The first-order chi connectivity index (χ1) is 8.60. The van der Waals surface area contributed by atoms with E-state index in [0.29, 0.717) is 5.56 Å². The van der Waals surface area contributed by atoms with E-state index in [2.05, 4.69) is 9.97 Å². The first kappa shape index (κ1) is 12.0. The number of benzene rings is 1. The highest BCUT2D eigenvalue weighted by Gasteiger charge is 2.12. The van der Waals surface area contributed by atoms with Crippen molar-refractivity contribution in [3.05, 3.63) is 41.8 Å². The molecule has 5 nitrogen and oxygen atoms in total. The smallest absolute Gasteiger partial charge is 0.354 e. The molecule has 0 saturated carbocycles. The number of hydrogen-bond acceptors (Lipinski definition) is 4. The molecule has 1 heterocycles. The molecule has 0 fully saturated rings. The Kier molecular flexibility index (Phi) is 3.18. The highest BCUT2D eigenvalue weighted by Crippen LogP contribution is 2.19. The van der Waals surface area contributed by atoms with Crippen LogP contribution in [0.25, 0.3) is 11.4 Å². The summed E-state index contributed by atoms with van der Waals surface area (Å²) >= 11 is 0. The fourth-order valence-electron chi connectivity index (χ4n) is 1.40. The molecule has 18 heavy (non-hydrogen) atoms. The van der Waals surface area contributed by atoms with Gasteiger partial charge in [-0.1, -0.05) is 12.1 Å². The Hall–Kier alpha value is -2.50. The summed E-state index contributed by atoms with van der Waals surface area (Å²) in [4.78, 5) is 18.7. The predicted molar refractivity (Wildman–Crippen MR) is 60.9 cm³/mol. The largest absolute Gasteiger partial charge is 0.481 e. The molecule has 1 aromatic heterocycles. The summed E-state index contributed by atoms with van der Waals surface area (Å²) in [6, 6.07) is 6.78.